The molecule has 0 heterocycles. The molecule has 0 radical (unpaired) electrons. The van der Waals surface area contributed by atoms with Crippen molar-refractivity contribution in [2.75, 3.05) is 19.6 Å². The average molecular weight is 489 g/mol. The molecule has 2 aromatic rings. The van der Waals surface area contributed by atoms with Gasteiger partial charge in [-0.05, 0) is 61.2 Å². The van der Waals surface area contributed by atoms with Gasteiger partial charge in [0.1, 0.15) is 11.6 Å². The van der Waals surface area contributed by atoms with Crippen LogP contribution < -0.4 is 10.6 Å². The molecule has 2 rings (SSSR count). The predicted molar refractivity (Wildman–Crippen MR) is 116 cm³/mol. The normalized spacial score (nSPS) is 12.3. The Labute approximate surface area is 176 Å². The van der Waals surface area contributed by atoms with Gasteiger partial charge in [0.2, 0.25) is 0 Å². The summed E-state index contributed by atoms with van der Waals surface area (Å²) in [7, 11) is 0. The lowest BCUT2D eigenvalue weighted by Crippen LogP contribution is -2.38. The van der Waals surface area contributed by atoms with Crippen molar-refractivity contribution in [2.24, 2.45) is 4.99 Å². The highest BCUT2D eigenvalue weighted by atomic mass is 127. The van der Waals surface area contributed by atoms with Crippen molar-refractivity contribution in [3.63, 3.8) is 0 Å². The van der Waals surface area contributed by atoms with Crippen molar-refractivity contribution in [2.45, 2.75) is 26.4 Å². The van der Waals surface area contributed by atoms with E-state index < -0.39 is 6.10 Å². The van der Waals surface area contributed by atoms with Gasteiger partial charge < -0.3 is 15.7 Å². The van der Waals surface area contributed by atoms with Crippen LogP contribution in [0.1, 0.15) is 29.7 Å². The zero-order valence-corrected chi connectivity index (χ0v) is 17.8. The molecule has 0 amide bonds. The molecule has 0 aliphatic rings. The molecule has 3 N–H and O–H groups in total. The number of nitrogens with zero attached hydrogens (tertiary/aromatic N) is 1. The van der Waals surface area contributed by atoms with Crippen LogP contribution in [-0.4, -0.2) is 30.7 Å². The maximum atomic E-state index is 13.1. The van der Waals surface area contributed by atoms with Crippen molar-refractivity contribution < 1.29 is 13.9 Å². The molecule has 27 heavy (non-hydrogen) atoms. The number of aliphatic imine (C=N–C) groups is 1. The number of nitrogens with one attached hydrogen (secondary N) is 2. The highest BCUT2D eigenvalue weighted by Crippen LogP contribution is 2.13. The minimum Gasteiger partial charge on any atom is -0.386 e. The van der Waals surface area contributed by atoms with E-state index in [1.54, 1.807) is 18.2 Å². The van der Waals surface area contributed by atoms with Crippen molar-refractivity contribution in [1.82, 2.24) is 10.6 Å². The lowest BCUT2D eigenvalue weighted by atomic mass is 10.1. The van der Waals surface area contributed by atoms with E-state index in [9.17, 15) is 13.9 Å². The van der Waals surface area contributed by atoms with Crippen molar-refractivity contribution in [3.05, 3.63) is 70.8 Å². The Bertz CT molecular complexity index is 739. The molecule has 0 saturated heterocycles. The molecule has 148 valence electrons. The lowest BCUT2D eigenvalue weighted by Gasteiger charge is -2.14. The Morgan fingerprint density at radius 1 is 1.07 bits per heavy atom. The van der Waals surface area contributed by atoms with Crippen LogP contribution in [0.3, 0.4) is 0 Å². The second-order valence-electron chi connectivity index (χ2n) is 6.03. The van der Waals surface area contributed by atoms with E-state index in [1.165, 1.54) is 24.3 Å². The highest BCUT2D eigenvalue weighted by Gasteiger charge is 2.08. The van der Waals surface area contributed by atoms with Crippen LogP contribution >= 0.6 is 24.0 Å². The Kier molecular flexibility index (Phi) is 10.2. The Hall–Kier alpha value is -1.74. The summed E-state index contributed by atoms with van der Waals surface area (Å²) in [4.78, 5) is 4.37. The fraction of sp³-hybridized carbons (Fsp3) is 0.350. The third-order valence-corrected chi connectivity index (χ3v) is 4.01. The summed E-state index contributed by atoms with van der Waals surface area (Å²) in [5.41, 5.74) is 2.61. The zero-order chi connectivity index (χ0) is 18.9. The summed E-state index contributed by atoms with van der Waals surface area (Å²) in [6.45, 7) is 5.32. The van der Waals surface area contributed by atoms with Gasteiger partial charge in [0.05, 0.1) is 12.6 Å². The topological polar surface area (TPSA) is 56.7 Å². The molecular weight excluding hydrogens is 463 g/mol. The van der Waals surface area contributed by atoms with Crippen LogP contribution in [0.2, 0.25) is 0 Å². The molecule has 2 aromatic carbocycles. The molecule has 0 aromatic heterocycles. The number of hydrogen-bond acceptors (Lipinski definition) is 2. The molecule has 1 atom stereocenters. The summed E-state index contributed by atoms with van der Waals surface area (Å²) < 4.78 is 26.1. The summed E-state index contributed by atoms with van der Waals surface area (Å²) in [6.07, 6.45) is -0.0674. The van der Waals surface area contributed by atoms with Gasteiger partial charge in [0, 0.05) is 13.1 Å². The minimum atomic E-state index is -0.801. The second kappa shape index (κ2) is 11.9. The molecule has 0 bridgehead atoms. The zero-order valence-electron chi connectivity index (χ0n) is 15.5. The first kappa shape index (κ1) is 23.3. The third kappa shape index (κ3) is 7.80. The van der Waals surface area contributed by atoms with Gasteiger partial charge in [0.25, 0.3) is 0 Å². The Morgan fingerprint density at radius 3 is 2.37 bits per heavy atom. The molecule has 7 heteroatoms. The van der Waals surface area contributed by atoms with E-state index in [0.717, 1.165) is 17.5 Å². The molecular formula is C20H26F2IN3O. The maximum absolute atomic E-state index is 13.1. The number of rotatable bonds is 7. The van der Waals surface area contributed by atoms with Crippen molar-refractivity contribution >= 4 is 29.9 Å². The Balaban J connectivity index is 0.00000364. The first-order valence-electron chi connectivity index (χ1n) is 8.70. The van der Waals surface area contributed by atoms with Gasteiger partial charge >= 0.3 is 0 Å². The number of aryl methyl sites for hydroxylation is 1. The number of aliphatic hydroxyl groups excluding tert-OH is 1. The molecule has 0 fully saturated rings. The van der Waals surface area contributed by atoms with Gasteiger partial charge in [-0.15, -0.1) is 24.0 Å². The molecule has 0 aliphatic carbocycles. The average Bonchev–Trinajstić information content (AvgIpc) is 2.61. The van der Waals surface area contributed by atoms with Crippen molar-refractivity contribution in [3.8, 4) is 0 Å². The SMILES string of the molecule is CCNC(=NCC(O)c1ccc(F)cc1)NCCc1ccc(F)cc1C.I. The number of benzene rings is 2. The summed E-state index contributed by atoms with van der Waals surface area (Å²) in [6, 6.07) is 10.5. The van der Waals surface area contributed by atoms with Crippen LogP contribution in [0.25, 0.3) is 0 Å². The van der Waals surface area contributed by atoms with Crippen LogP contribution in [0.5, 0.6) is 0 Å². The fourth-order valence-corrected chi connectivity index (χ4v) is 2.57. The summed E-state index contributed by atoms with van der Waals surface area (Å²) in [5.74, 6) is 0.0212. The van der Waals surface area contributed by atoms with E-state index in [-0.39, 0.29) is 42.2 Å². The first-order valence-corrected chi connectivity index (χ1v) is 8.70. The summed E-state index contributed by atoms with van der Waals surface area (Å²) >= 11 is 0. The maximum Gasteiger partial charge on any atom is 0.191 e. The van der Waals surface area contributed by atoms with Gasteiger partial charge in [0.15, 0.2) is 5.96 Å². The predicted octanol–water partition coefficient (Wildman–Crippen LogP) is 3.72. The van der Waals surface area contributed by atoms with Gasteiger partial charge in [-0.1, -0.05) is 18.2 Å². The van der Waals surface area contributed by atoms with E-state index in [4.69, 9.17) is 0 Å². The van der Waals surface area contributed by atoms with Crippen molar-refractivity contribution in [1.29, 1.82) is 0 Å². The number of aliphatic hydroxyl groups is 1. The van der Waals surface area contributed by atoms with Crippen LogP contribution in [-0.2, 0) is 6.42 Å². The number of hydrogen-bond donors (Lipinski definition) is 3. The molecule has 0 saturated carbocycles. The van der Waals surface area contributed by atoms with Gasteiger partial charge in [-0.2, -0.15) is 0 Å². The lowest BCUT2D eigenvalue weighted by molar-refractivity contribution is 0.187. The molecule has 4 nitrogen and oxygen atoms in total. The molecule has 1 unspecified atom stereocenters. The smallest absolute Gasteiger partial charge is 0.191 e. The molecule has 0 aliphatic heterocycles. The summed E-state index contributed by atoms with van der Waals surface area (Å²) in [5, 5.41) is 16.5. The monoisotopic (exact) mass is 489 g/mol. The number of halogens is 3. The van der Waals surface area contributed by atoms with Gasteiger partial charge in [-0.25, -0.2) is 8.78 Å². The largest absolute Gasteiger partial charge is 0.386 e. The minimum absolute atomic E-state index is 0. The third-order valence-electron chi connectivity index (χ3n) is 4.01. The van der Waals surface area contributed by atoms with E-state index in [0.29, 0.717) is 24.6 Å². The highest BCUT2D eigenvalue weighted by molar-refractivity contribution is 14.0. The van der Waals surface area contributed by atoms with E-state index in [2.05, 4.69) is 15.6 Å². The molecule has 0 spiro atoms. The van der Waals surface area contributed by atoms with E-state index in [1.807, 2.05) is 13.8 Å². The number of guanidine groups is 1. The fourth-order valence-electron chi connectivity index (χ4n) is 2.57. The Morgan fingerprint density at radius 2 is 1.74 bits per heavy atom. The first-order chi connectivity index (χ1) is 12.5. The van der Waals surface area contributed by atoms with E-state index >= 15 is 0 Å². The second-order valence-corrected chi connectivity index (χ2v) is 6.03. The van der Waals surface area contributed by atoms with Crippen LogP contribution in [0.15, 0.2) is 47.5 Å². The standard InChI is InChI=1S/C20H25F2N3O.HI/c1-3-23-20(24-11-10-15-4-9-18(22)12-14(15)2)25-13-19(26)16-5-7-17(21)8-6-16;/h4-9,12,19,26H,3,10-11,13H2,1-2H3,(H2,23,24,25);1H. The van der Waals surface area contributed by atoms with Crippen LogP contribution in [0.4, 0.5) is 8.78 Å². The van der Waals surface area contributed by atoms with Gasteiger partial charge in [-0.3, -0.25) is 4.99 Å². The quantitative estimate of drug-likeness (QED) is 0.316. The van der Waals surface area contributed by atoms with Crippen LogP contribution in [0, 0.1) is 18.6 Å².